The molecule has 3 aromatic rings. The fraction of sp³-hybridized carbons (Fsp3) is 0.267. The smallest absolute Gasteiger partial charge is 0.235 e. The zero-order chi connectivity index (χ0) is 14.7. The highest BCUT2D eigenvalue weighted by Crippen LogP contribution is 2.27. The molecule has 0 aliphatic rings. The van der Waals surface area contributed by atoms with E-state index < -0.39 is 0 Å². The third kappa shape index (κ3) is 2.94. The van der Waals surface area contributed by atoms with Gasteiger partial charge in [0.1, 0.15) is 11.1 Å². The fourth-order valence-electron chi connectivity index (χ4n) is 2.12. The van der Waals surface area contributed by atoms with Crippen molar-refractivity contribution >= 4 is 17.0 Å². The molecule has 0 bridgehead atoms. The van der Waals surface area contributed by atoms with Crippen molar-refractivity contribution in [3.8, 4) is 11.6 Å². The third-order valence-electron chi connectivity index (χ3n) is 3.25. The Kier molecular flexibility index (Phi) is 3.68. The van der Waals surface area contributed by atoms with E-state index in [1.165, 1.54) is 18.4 Å². The molecule has 0 aliphatic heterocycles. The molecule has 6 nitrogen and oxygen atoms in total. The predicted molar refractivity (Wildman–Crippen MR) is 81.2 cm³/mol. The van der Waals surface area contributed by atoms with Gasteiger partial charge in [-0.05, 0) is 30.5 Å². The molecule has 2 aromatic heterocycles. The van der Waals surface area contributed by atoms with Gasteiger partial charge in [0.05, 0.1) is 6.20 Å². The number of aromatic nitrogens is 4. The summed E-state index contributed by atoms with van der Waals surface area (Å²) in [4.78, 5) is 8.18. The van der Waals surface area contributed by atoms with Crippen LogP contribution >= 0.6 is 0 Å². The minimum Gasteiger partial charge on any atom is -0.438 e. The van der Waals surface area contributed by atoms with E-state index >= 15 is 0 Å². The minimum absolute atomic E-state index is 0.154. The van der Waals surface area contributed by atoms with Crippen LogP contribution in [-0.4, -0.2) is 20.2 Å². The number of H-pyrrole nitrogens is 1. The van der Waals surface area contributed by atoms with E-state index in [2.05, 4.69) is 39.2 Å². The monoisotopic (exact) mass is 283 g/mol. The summed E-state index contributed by atoms with van der Waals surface area (Å²) in [5.41, 5.74) is 7.54. The SMILES string of the molecule is CCCCc1ccc(Oc2nc(N)nc3[nH]ncc23)cc1. The summed E-state index contributed by atoms with van der Waals surface area (Å²) in [6.45, 7) is 2.19. The van der Waals surface area contributed by atoms with Gasteiger partial charge in [-0.15, -0.1) is 0 Å². The normalized spacial score (nSPS) is 10.9. The Labute approximate surface area is 122 Å². The van der Waals surface area contributed by atoms with E-state index in [9.17, 15) is 0 Å². The van der Waals surface area contributed by atoms with Gasteiger partial charge in [0.25, 0.3) is 0 Å². The zero-order valence-corrected chi connectivity index (χ0v) is 11.8. The second-order valence-corrected chi connectivity index (χ2v) is 4.87. The first-order valence-electron chi connectivity index (χ1n) is 6.99. The van der Waals surface area contributed by atoms with Gasteiger partial charge in [0.15, 0.2) is 5.65 Å². The van der Waals surface area contributed by atoms with Gasteiger partial charge in [-0.1, -0.05) is 25.5 Å². The van der Waals surface area contributed by atoms with Crippen molar-refractivity contribution in [2.75, 3.05) is 5.73 Å². The molecular formula is C15H17N5O. The van der Waals surface area contributed by atoms with Crippen LogP contribution in [0.4, 0.5) is 5.95 Å². The molecule has 0 amide bonds. The Balaban J connectivity index is 1.83. The van der Waals surface area contributed by atoms with Gasteiger partial charge in [-0.25, -0.2) is 0 Å². The number of hydrogen-bond acceptors (Lipinski definition) is 5. The number of nitrogens with one attached hydrogen (secondary N) is 1. The molecular weight excluding hydrogens is 266 g/mol. The maximum Gasteiger partial charge on any atom is 0.235 e. The molecule has 0 saturated heterocycles. The number of nitrogens with two attached hydrogens (primary N) is 1. The van der Waals surface area contributed by atoms with Crippen molar-refractivity contribution in [3.05, 3.63) is 36.0 Å². The number of anilines is 1. The van der Waals surface area contributed by atoms with Crippen LogP contribution in [0.1, 0.15) is 25.3 Å². The molecule has 108 valence electrons. The van der Waals surface area contributed by atoms with E-state index in [-0.39, 0.29) is 5.95 Å². The summed E-state index contributed by atoms with van der Waals surface area (Å²) < 4.78 is 5.80. The average molecular weight is 283 g/mol. The lowest BCUT2D eigenvalue weighted by Gasteiger charge is -2.07. The molecule has 0 radical (unpaired) electrons. The Hall–Kier alpha value is -2.63. The van der Waals surface area contributed by atoms with Crippen molar-refractivity contribution in [2.24, 2.45) is 0 Å². The highest BCUT2D eigenvalue weighted by Gasteiger charge is 2.10. The Bertz CT molecular complexity index is 735. The van der Waals surface area contributed by atoms with Gasteiger partial charge in [0.2, 0.25) is 11.8 Å². The van der Waals surface area contributed by atoms with Gasteiger partial charge in [-0.3, -0.25) is 5.10 Å². The van der Waals surface area contributed by atoms with Crippen molar-refractivity contribution in [2.45, 2.75) is 26.2 Å². The Morgan fingerprint density at radius 3 is 2.76 bits per heavy atom. The fourth-order valence-corrected chi connectivity index (χ4v) is 2.12. The van der Waals surface area contributed by atoms with Gasteiger partial charge >= 0.3 is 0 Å². The van der Waals surface area contributed by atoms with E-state index in [1.54, 1.807) is 6.20 Å². The topological polar surface area (TPSA) is 89.7 Å². The maximum absolute atomic E-state index is 5.80. The second kappa shape index (κ2) is 5.78. The molecule has 21 heavy (non-hydrogen) atoms. The summed E-state index contributed by atoms with van der Waals surface area (Å²) in [7, 11) is 0. The summed E-state index contributed by atoms with van der Waals surface area (Å²) in [5, 5.41) is 7.39. The zero-order valence-electron chi connectivity index (χ0n) is 11.8. The lowest BCUT2D eigenvalue weighted by atomic mass is 10.1. The first-order valence-corrected chi connectivity index (χ1v) is 6.99. The first-order chi connectivity index (χ1) is 10.3. The third-order valence-corrected chi connectivity index (χ3v) is 3.25. The average Bonchev–Trinajstić information content (AvgIpc) is 2.95. The lowest BCUT2D eigenvalue weighted by molar-refractivity contribution is 0.469. The molecule has 0 spiro atoms. The number of fused-ring (bicyclic) bond motifs is 1. The number of aromatic amines is 1. The molecule has 0 aliphatic carbocycles. The maximum atomic E-state index is 5.80. The van der Waals surface area contributed by atoms with Crippen LogP contribution in [-0.2, 0) is 6.42 Å². The molecule has 0 unspecified atom stereocenters. The lowest BCUT2D eigenvalue weighted by Crippen LogP contribution is -1.98. The highest BCUT2D eigenvalue weighted by atomic mass is 16.5. The number of unbranched alkanes of at least 4 members (excludes halogenated alkanes) is 1. The minimum atomic E-state index is 0.154. The first kappa shape index (κ1) is 13.4. The van der Waals surface area contributed by atoms with Crippen LogP contribution in [0.3, 0.4) is 0 Å². The summed E-state index contributed by atoms with van der Waals surface area (Å²) >= 11 is 0. The van der Waals surface area contributed by atoms with E-state index in [4.69, 9.17) is 10.5 Å². The van der Waals surface area contributed by atoms with Crippen molar-refractivity contribution in [3.63, 3.8) is 0 Å². The van der Waals surface area contributed by atoms with Gasteiger partial charge in [-0.2, -0.15) is 15.1 Å². The number of aryl methyl sites for hydroxylation is 1. The number of benzene rings is 1. The van der Waals surface area contributed by atoms with E-state index in [1.807, 2.05) is 12.1 Å². The molecule has 0 saturated carbocycles. The van der Waals surface area contributed by atoms with Crippen LogP contribution in [0, 0.1) is 0 Å². The standard InChI is InChI=1S/C15H17N5O/c1-2-3-4-10-5-7-11(8-6-10)21-14-12-9-17-20-13(12)18-15(16)19-14/h5-9H,2-4H2,1H3,(H3,16,17,18,19,20). The molecule has 1 aromatic carbocycles. The molecule has 6 heteroatoms. The number of rotatable bonds is 5. The van der Waals surface area contributed by atoms with Crippen LogP contribution in [0.25, 0.3) is 11.0 Å². The van der Waals surface area contributed by atoms with Crippen molar-refractivity contribution < 1.29 is 4.74 Å². The van der Waals surface area contributed by atoms with Crippen LogP contribution in [0.15, 0.2) is 30.5 Å². The van der Waals surface area contributed by atoms with Crippen molar-refractivity contribution in [1.82, 2.24) is 20.2 Å². The number of hydrogen-bond donors (Lipinski definition) is 2. The van der Waals surface area contributed by atoms with Crippen LogP contribution in [0.2, 0.25) is 0 Å². The number of ether oxygens (including phenoxy) is 1. The van der Waals surface area contributed by atoms with E-state index in [0.29, 0.717) is 16.9 Å². The molecule has 2 heterocycles. The molecule has 3 rings (SSSR count). The Morgan fingerprint density at radius 1 is 1.19 bits per heavy atom. The van der Waals surface area contributed by atoms with Crippen molar-refractivity contribution in [1.29, 1.82) is 0 Å². The van der Waals surface area contributed by atoms with Gasteiger partial charge in [0, 0.05) is 0 Å². The van der Waals surface area contributed by atoms with E-state index in [0.717, 1.165) is 12.2 Å². The number of nitrogen functional groups attached to an aromatic ring is 1. The van der Waals surface area contributed by atoms with Crippen LogP contribution < -0.4 is 10.5 Å². The molecule has 3 N–H and O–H groups in total. The number of nitrogens with zero attached hydrogens (tertiary/aromatic N) is 3. The summed E-state index contributed by atoms with van der Waals surface area (Å²) in [5.74, 6) is 1.28. The quantitative estimate of drug-likeness (QED) is 0.751. The predicted octanol–water partition coefficient (Wildman–Crippen LogP) is 3.07. The highest BCUT2D eigenvalue weighted by molar-refractivity contribution is 5.80. The van der Waals surface area contributed by atoms with Gasteiger partial charge < -0.3 is 10.5 Å². The summed E-state index contributed by atoms with van der Waals surface area (Å²) in [6, 6.07) is 8.02. The largest absolute Gasteiger partial charge is 0.438 e. The van der Waals surface area contributed by atoms with Crippen LogP contribution in [0.5, 0.6) is 11.6 Å². The summed E-state index contributed by atoms with van der Waals surface area (Å²) in [6.07, 6.45) is 5.10. The second-order valence-electron chi connectivity index (χ2n) is 4.87. The molecule has 0 fully saturated rings. The molecule has 0 atom stereocenters. The Morgan fingerprint density at radius 2 is 2.00 bits per heavy atom.